The molecule has 192 valence electrons. The van der Waals surface area contributed by atoms with Crippen molar-refractivity contribution in [2.45, 2.75) is 40.0 Å². The Morgan fingerprint density at radius 1 is 1.17 bits per heavy atom. The van der Waals surface area contributed by atoms with Crippen molar-refractivity contribution in [3.05, 3.63) is 60.0 Å². The average molecular weight is 644 g/mol. The van der Waals surface area contributed by atoms with Crippen molar-refractivity contribution in [3.63, 3.8) is 0 Å². The molecule has 0 aliphatic heterocycles. The smallest absolute Gasteiger partial charge is 0.344 e. The van der Waals surface area contributed by atoms with E-state index in [0.717, 1.165) is 17.3 Å². The zero-order valence-corrected chi connectivity index (χ0v) is 24.1. The van der Waals surface area contributed by atoms with Crippen molar-refractivity contribution in [1.29, 1.82) is 0 Å². The number of esters is 1. The molecule has 0 fully saturated rings. The fourth-order valence-corrected chi connectivity index (χ4v) is 4.37. The first-order valence-electron chi connectivity index (χ1n) is 11.5. The second kappa shape index (κ2) is 13.2. The van der Waals surface area contributed by atoms with Gasteiger partial charge in [0, 0.05) is 20.9 Å². The molecular formula is C25H26Br2ClN3O5. The van der Waals surface area contributed by atoms with E-state index < -0.39 is 5.97 Å². The number of halogens is 3. The van der Waals surface area contributed by atoms with Gasteiger partial charge >= 0.3 is 5.97 Å². The van der Waals surface area contributed by atoms with Crippen LogP contribution in [0.15, 0.2) is 43.1 Å². The minimum Gasteiger partial charge on any atom is -0.490 e. The van der Waals surface area contributed by atoms with Gasteiger partial charge in [-0.2, -0.15) is 9.78 Å². The summed E-state index contributed by atoms with van der Waals surface area (Å²) in [5.41, 5.74) is 0.895. The molecule has 11 heteroatoms. The molecule has 1 aromatic heterocycles. The summed E-state index contributed by atoms with van der Waals surface area (Å²) < 4.78 is 18.8. The highest BCUT2D eigenvalue weighted by atomic mass is 79.9. The number of rotatable bonds is 11. The summed E-state index contributed by atoms with van der Waals surface area (Å²) in [6.45, 7) is 5.87. The lowest BCUT2D eigenvalue weighted by Gasteiger charge is -2.16. The standard InChI is InChI=1S/C25H26Br2ClN3O5/c1-4-7-8-20-30-18-10-9-16(26)12-17(18)25(33)31(20)29-13-15-11-19(34-5-2)24(23(28)22(15)27)36-14-21(32)35-6-3/h9-13H,4-8,14H2,1-3H3. The largest absolute Gasteiger partial charge is 0.490 e. The van der Waals surface area contributed by atoms with E-state index in [1.165, 1.54) is 10.9 Å². The molecule has 2 aromatic carbocycles. The Kier molecular flexibility index (Phi) is 10.3. The number of unbranched alkanes of at least 4 members (excludes halogenated alkanes) is 1. The maximum atomic E-state index is 13.3. The highest BCUT2D eigenvalue weighted by Crippen LogP contribution is 2.42. The van der Waals surface area contributed by atoms with Crippen LogP contribution in [0.1, 0.15) is 45.0 Å². The molecule has 0 aliphatic rings. The zero-order chi connectivity index (χ0) is 26.2. The molecule has 0 unspecified atom stereocenters. The van der Waals surface area contributed by atoms with Crippen molar-refractivity contribution in [1.82, 2.24) is 9.66 Å². The summed E-state index contributed by atoms with van der Waals surface area (Å²) in [5.74, 6) is 0.575. The van der Waals surface area contributed by atoms with E-state index in [9.17, 15) is 9.59 Å². The first-order chi connectivity index (χ1) is 17.3. The molecular weight excluding hydrogens is 618 g/mol. The molecule has 0 N–H and O–H groups in total. The van der Waals surface area contributed by atoms with Gasteiger partial charge in [0.15, 0.2) is 18.1 Å². The summed E-state index contributed by atoms with van der Waals surface area (Å²) in [4.78, 5) is 29.8. The number of aryl methyl sites for hydroxylation is 1. The minimum atomic E-state index is -0.521. The van der Waals surface area contributed by atoms with Gasteiger partial charge in [-0.3, -0.25) is 4.79 Å². The molecule has 36 heavy (non-hydrogen) atoms. The van der Waals surface area contributed by atoms with Crippen LogP contribution in [-0.2, 0) is 16.0 Å². The molecule has 0 radical (unpaired) electrons. The fourth-order valence-electron chi connectivity index (χ4n) is 3.36. The number of hydrogen-bond donors (Lipinski definition) is 0. The molecule has 0 bridgehead atoms. The van der Waals surface area contributed by atoms with E-state index in [-0.39, 0.29) is 29.5 Å². The van der Waals surface area contributed by atoms with Gasteiger partial charge in [-0.25, -0.2) is 9.78 Å². The number of carbonyl (C=O) groups excluding carboxylic acids is 1. The number of benzene rings is 2. The first kappa shape index (κ1) is 28.1. The Balaban J connectivity index is 2.06. The van der Waals surface area contributed by atoms with E-state index in [0.29, 0.717) is 45.5 Å². The lowest BCUT2D eigenvalue weighted by molar-refractivity contribution is -0.145. The van der Waals surface area contributed by atoms with Gasteiger partial charge in [-0.15, -0.1) is 0 Å². The van der Waals surface area contributed by atoms with Gasteiger partial charge in [0.05, 0.1) is 30.3 Å². The van der Waals surface area contributed by atoms with Gasteiger partial charge in [0.25, 0.3) is 5.56 Å². The van der Waals surface area contributed by atoms with Crippen molar-refractivity contribution in [2.75, 3.05) is 19.8 Å². The van der Waals surface area contributed by atoms with Gasteiger partial charge in [-0.05, 0) is 60.5 Å². The summed E-state index contributed by atoms with van der Waals surface area (Å²) in [6.07, 6.45) is 3.92. The van der Waals surface area contributed by atoms with Crippen LogP contribution in [-0.4, -0.2) is 41.7 Å². The van der Waals surface area contributed by atoms with E-state index in [1.807, 2.05) is 19.1 Å². The van der Waals surface area contributed by atoms with Gasteiger partial charge in [-0.1, -0.05) is 40.9 Å². The number of hydrogen-bond acceptors (Lipinski definition) is 7. The van der Waals surface area contributed by atoms with E-state index in [1.54, 1.807) is 19.1 Å². The Morgan fingerprint density at radius 3 is 2.64 bits per heavy atom. The van der Waals surface area contributed by atoms with Gasteiger partial charge in [0.1, 0.15) is 10.8 Å². The fraction of sp³-hybridized carbons (Fsp3) is 0.360. The maximum absolute atomic E-state index is 13.3. The van der Waals surface area contributed by atoms with Crippen molar-refractivity contribution >= 4 is 66.5 Å². The lowest BCUT2D eigenvalue weighted by atomic mass is 10.2. The number of fused-ring (bicyclic) bond motifs is 1. The second-order valence-corrected chi connectivity index (χ2v) is 9.69. The molecule has 3 rings (SSSR count). The third-order valence-electron chi connectivity index (χ3n) is 5.04. The second-order valence-electron chi connectivity index (χ2n) is 7.60. The van der Waals surface area contributed by atoms with E-state index >= 15 is 0 Å². The topological polar surface area (TPSA) is 92.0 Å². The van der Waals surface area contributed by atoms with Crippen molar-refractivity contribution in [2.24, 2.45) is 5.10 Å². The van der Waals surface area contributed by atoms with Crippen molar-refractivity contribution < 1.29 is 19.0 Å². The van der Waals surface area contributed by atoms with Crippen LogP contribution in [0.5, 0.6) is 11.5 Å². The summed E-state index contributed by atoms with van der Waals surface area (Å²) >= 11 is 13.4. The molecule has 0 saturated carbocycles. The Hall–Kier alpha value is -2.43. The average Bonchev–Trinajstić information content (AvgIpc) is 2.85. The number of ether oxygens (including phenoxy) is 3. The normalized spacial score (nSPS) is 11.3. The van der Waals surface area contributed by atoms with Crippen LogP contribution >= 0.6 is 43.5 Å². The van der Waals surface area contributed by atoms with Crippen LogP contribution in [0.2, 0.25) is 5.02 Å². The Morgan fingerprint density at radius 2 is 1.94 bits per heavy atom. The van der Waals surface area contributed by atoms with Crippen LogP contribution in [0.3, 0.4) is 0 Å². The minimum absolute atomic E-state index is 0.200. The molecule has 0 spiro atoms. The predicted octanol–water partition coefficient (Wildman–Crippen LogP) is 6.14. The highest BCUT2D eigenvalue weighted by molar-refractivity contribution is 9.10. The number of aromatic nitrogens is 2. The Labute approximate surface area is 230 Å². The van der Waals surface area contributed by atoms with Crippen LogP contribution in [0, 0.1) is 0 Å². The molecule has 0 aliphatic carbocycles. The molecule has 8 nitrogen and oxygen atoms in total. The summed E-state index contributed by atoms with van der Waals surface area (Å²) in [6, 6.07) is 7.07. The highest BCUT2D eigenvalue weighted by Gasteiger charge is 2.19. The number of nitrogens with zero attached hydrogens (tertiary/aromatic N) is 3. The molecule has 0 saturated heterocycles. The molecule has 3 aromatic rings. The van der Waals surface area contributed by atoms with E-state index in [2.05, 4.69) is 48.9 Å². The van der Waals surface area contributed by atoms with Crippen LogP contribution in [0.4, 0.5) is 0 Å². The van der Waals surface area contributed by atoms with Crippen LogP contribution < -0.4 is 15.0 Å². The molecule has 0 amide bonds. The first-order valence-corrected chi connectivity index (χ1v) is 13.5. The SMILES string of the molecule is CCCCc1nc2ccc(Br)cc2c(=O)n1N=Cc1cc(OCC)c(OCC(=O)OCC)c(Cl)c1Br. The third kappa shape index (κ3) is 6.66. The van der Waals surface area contributed by atoms with Crippen LogP contribution in [0.25, 0.3) is 10.9 Å². The quantitative estimate of drug-likeness (QED) is 0.184. The Bertz CT molecular complexity index is 1340. The van der Waals surface area contributed by atoms with Gasteiger partial charge in [0.2, 0.25) is 0 Å². The third-order valence-corrected chi connectivity index (χ3v) is 6.97. The zero-order valence-electron chi connectivity index (χ0n) is 20.1. The lowest BCUT2D eigenvalue weighted by Crippen LogP contribution is -2.22. The number of carbonyl (C=O) groups is 1. The molecule has 0 atom stereocenters. The summed E-state index contributed by atoms with van der Waals surface area (Å²) in [5, 5.41) is 5.14. The monoisotopic (exact) mass is 641 g/mol. The van der Waals surface area contributed by atoms with E-state index in [4.69, 9.17) is 25.8 Å². The van der Waals surface area contributed by atoms with Gasteiger partial charge < -0.3 is 14.2 Å². The maximum Gasteiger partial charge on any atom is 0.344 e. The summed E-state index contributed by atoms with van der Waals surface area (Å²) in [7, 11) is 0. The van der Waals surface area contributed by atoms with Crippen molar-refractivity contribution in [3.8, 4) is 11.5 Å². The predicted molar refractivity (Wildman–Crippen MR) is 148 cm³/mol. The molecule has 1 heterocycles.